The molecule has 110 valence electrons. The summed E-state index contributed by atoms with van der Waals surface area (Å²) in [6.45, 7) is -0.530. The van der Waals surface area contributed by atoms with Crippen LogP contribution in [0.5, 0.6) is 0 Å². The van der Waals surface area contributed by atoms with Crippen LogP contribution in [0.2, 0.25) is 0 Å². The molecule has 0 radical (unpaired) electrons. The summed E-state index contributed by atoms with van der Waals surface area (Å²) in [6.07, 6.45) is 1.69. The first kappa shape index (κ1) is 22.4. The van der Waals surface area contributed by atoms with Crippen molar-refractivity contribution in [2.75, 3.05) is 25.3 Å². The van der Waals surface area contributed by atoms with Crippen LogP contribution in [0.25, 0.3) is 11.2 Å². The SMILES string of the molecule is Nc1ncnc2c1ncn2[C@H](CO)COCP(=O)([O-])[O-].[Na+].[Na+]. The number of aromatic nitrogens is 4. The molecule has 0 fully saturated rings. The van der Waals surface area contributed by atoms with E-state index in [0.717, 1.165) is 0 Å². The largest absolute Gasteiger partial charge is 1.00 e. The number of nitrogens with two attached hydrogens (primary N) is 1. The minimum atomic E-state index is -4.74. The third-order valence-electron chi connectivity index (χ3n) is 2.55. The number of ether oxygens (including phenoxy) is 1. The summed E-state index contributed by atoms with van der Waals surface area (Å²) in [7, 11) is -4.74. The number of imidazole rings is 1. The van der Waals surface area contributed by atoms with E-state index in [4.69, 9.17) is 10.5 Å². The van der Waals surface area contributed by atoms with Gasteiger partial charge in [-0.3, -0.25) is 0 Å². The first-order valence-electron chi connectivity index (χ1n) is 5.55. The number of hydrogen-bond donors (Lipinski definition) is 2. The number of nitrogen functional groups attached to an aromatic ring is 1. The first-order valence-corrected chi connectivity index (χ1v) is 7.28. The smallest absolute Gasteiger partial charge is 0.809 e. The van der Waals surface area contributed by atoms with Crippen LogP contribution < -0.4 is 74.6 Å². The molecule has 13 heteroatoms. The molecule has 0 unspecified atom stereocenters. The molecule has 0 aliphatic rings. The molecule has 1 atom stereocenters. The third kappa shape index (κ3) is 5.81. The second kappa shape index (κ2) is 9.65. The minimum absolute atomic E-state index is 0. The number of aliphatic hydroxyl groups is 1. The average molecular weight is 347 g/mol. The van der Waals surface area contributed by atoms with Crippen LogP contribution in [-0.4, -0.2) is 44.2 Å². The summed E-state index contributed by atoms with van der Waals surface area (Å²) in [6, 6.07) is -0.638. The molecule has 0 saturated carbocycles. The molecule has 0 aliphatic heterocycles. The maximum absolute atomic E-state index is 10.5. The van der Waals surface area contributed by atoms with Crippen LogP contribution in [0.15, 0.2) is 12.7 Å². The zero-order valence-corrected chi connectivity index (χ0v) is 17.1. The van der Waals surface area contributed by atoms with E-state index < -0.39 is 20.0 Å². The van der Waals surface area contributed by atoms with Gasteiger partial charge in [0.1, 0.15) is 11.8 Å². The Labute approximate surface area is 170 Å². The molecule has 2 aromatic rings. The molecule has 0 aliphatic carbocycles. The van der Waals surface area contributed by atoms with Gasteiger partial charge in [-0.2, -0.15) is 0 Å². The molecule has 3 N–H and O–H groups in total. The van der Waals surface area contributed by atoms with Gasteiger partial charge < -0.3 is 34.5 Å². The zero-order chi connectivity index (χ0) is 14.8. The van der Waals surface area contributed by atoms with E-state index >= 15 is 0 Å². The van der Waals surface area contributed by atoms with Crippen LogP contribution in [0, 0.1) is 0 Å². The van der Waals surface area contributed by atoms with Gasteiger partial charge in [0.25, 0.3) is 0 Å². The molecule has 0 amide bonds. The van der Waals surface area contributed by atoms with E-state index in [1.54, 1.807) is 0 Å². The second-order valence-corrected chi connectivity index (χ2v) is 5.51. The predicted octanol–water partition coefficient (Wildman–Crippen LogP) is -8.16. The Hall–Kier alpha value is 0.420. The van der Waals surface area contributed by atoms with Gasteiger partial charge in [0.15, 0.2) is 11.5 Å². The minimum Gasteiger partial charge on any atom is -0.809 e. The average Bonchev–Trinajstić information content (AvgIpc) is 2.79. The molecule has 10 nitrogen and oxygen atoms in total. The maximum atomic E-state index is 10.5. The van der Waals surface area contributed by atoms with E-state index in [0.29, 0.717) is 11.2 Å². The molecular formula is C9H12N5Na2O5P. The van der Waals surface area contributed by atoms with Crippen molar-refractivity contribution in [3.05, 3.63) is 12.7 Å². The van der Waals surface area contributed by atoms with E-state index in [9.17, 15) is 19.5 Å². The van der Waals surface area contributed by atoms with Crippen LogP contribution in [0.3, 0.4) is 0 Å². The van der Waals surface area contributed by atoms with E-state index in [2.05, 4.69) is 15.0 Å². The van der Waals surface area contributed by atoms with Crippen LogP contribution >= 0.6 is 7.60 Å². The van der Waals surface area contributed by atoms with Crippen molar-refractivity contribution >= 4 is 24.6 Å². The Morgan fingerprint density at radius 2 is 2.05 bits per heavy atom. The van der Waals surface area contributed by atoms with Crippen LogP contribution in [0.1, 0.15) is 6.04 Å². The fraction of sp³-hybridized carbons (Fsp3) is 0.444. The van der Waals surface area contributed by atoms with Crippen molar-refractivity contribution in [3.63, 3.8) is 0 Å². The Bertz CT molecular complexity index is 650. The van der Waals surface area contributed by atoms with Crippen LogP contribution in [0.4, 0.5) is 5.82 Å². The molecule has 2 rings (SSSR count). The first-order chi connectivity index (χ1) is 9.42. The van der Waals surface area contributed by atoms with E-state index in [-0.39, 0.29) is 78.1 Å². The normalized spacial score (nSPS) is 12.5. The fourth-order valence-corrected chi connectivity index (χ4v) is 1.99. The topological polar surface area (TPSA) is 162 Å². The third-order valence-corrected chi connectivity index (χ3v) is 3.05. The number of hydrogen-bond acceptors (Lipinski definition) is 9. The van der Waals surface area contributed by atoms with Gasteiger partial charge in [-0.25, -0.2) is 15.0 Å². The number of rotatable bonds is 6. The molecule has 0 saturated heterocycles. The van der Waals surface area contributed by atoms with Gasteiger partial charge in [-0.15, -0.1) is 0 Å². The fourth-order valence-electron chi connectivity index (χ4n) is 1.66. The summed E-state index contributed by atoms with van der Waals surface area (Å²) in [5.41, 5.74) is 6.38. The molecule has 0 spiro atoms. The Morgan fingerprint density at radius 1 is 1.36 bits per heavy atom. The van der Waals surface area contributed by atoms with Crippen molar-refractivity contribution in [1.29, 1.82) is 0 Å². The van der Waals surface area contributed by atoms with E-state index in [1.807, 2.05) is 0 Å². The van der Waals surface area contributed by atoms with Crippen molar-refractivity contribution < 1.29 is 83.3 Å². The van der Waals surface area contributed by atoms with E-state index in [1.165, 1.54) is 17.2 Å². The number of anilines is 1. The summed E-state index contributed by atoms with van der Waals surface area (Å²) in [5.74, 6) is 0.190. The molecule has 0 bridgehead atoms. The molecular weight excluding hydrogens is 335 g/mol. The van der Waals surface area contributed by atoms with Gasteiger partial charge in [0, 0.05) is 0 Å². The monoisotopic (exact) mass is 347 g/mol. The van der Waals surface area contributed by atoms with Gasteiger partial charge in [0.05, 0.1) is 31.9 Å². The molecule has 22 heavy (non-hydrogen) atoms. The van der Waals surface area contributed by atoms with Crippen molar-refractivity contribution in [2.24, 2.45) is 0 Å². The van der Waals surface area contributed by atoms with Crippen molar-refractivity contribution in [1.82, 2.24) is 19.5 Å². The van der Waals surface area contributed by atoms with Gasteiger partial charge >= 0.3 is 59.1 Å². The Kier molecular flexibility index (Phi) is 9.84. The van der Waals surface area contributed by atoms with Gasteiger partial charge in [-0.05, 0) is 7.60 Å². The molecule has 2 aromatic heterocycles. The number of nitrogens with zero attached hydrogens (tertiary/aromatic N) is 4. The van der Waals surface area contributed by atoms with Crippen molar-refractivity contribution in [3.8, 4) is 0 Å². The number of aliphatic hydroxyl groups excluding tert-OH is 1. The molecule has 0 aromatic carbocycles. The standard InChI is InChI=1S/C9H14N5O5P.2Na/c10-8-7-9(12-3-11-8)14(4-13-7)6(1-15)2-19-5-20(16,17)18;;/h3-4,6,15H,1-2,5H2,(H2,10,11,12)(H2,16,17,18);;/q;2*+1/p-2/t6-;;/m1../s1. The van der Waals surface area contributed by atoms with Gasteiger partial charge in [0.2, 0.25) is 0 Å². The zero-order valence-electron chi connectivity index (χ0n) is 12.2. The maximum Gasteiger partial charge on any atom is 1.00 e. The summed E-state index contributed by atoms with van der Waals surface area (Å²) in [5, 5.41) is 9.33. The Morgan fingerprint density at radius 3 is 2.64 bits per heavy atom. The van der Waals surface area contributed by atoms with Crippen LogP contribution in [-0.2, 0) is 9.30 Å². The number of fused-ring (bicyclic) bond motifs is 1. The summed E-state index contributed by atoms with van der Waals surface area (Å²) >= 11 is 0. The summed E-state index contributed by atoms with van der Waals surface area (Å²) in [4.78, 5) is 32.7. The van der Waals surface area contributed by atoms with Crippen molar-refractivity contribution in [2.45, 2.75) is 6.04 Å². The second-order valence-electron chi connectivity index (χ2n) is 4.03. The van der Waals surface area contributed by atoms with Gasteiger partial charge in [-0.1, -0.05) is 0 Å². The predicted molar refractivity (Wildman–Crippen MR) is 64.3 cm³/mol. The Balaban J connectivity index is 0.00000220. The summed E-state index contributed by atoms with van der Waals surface area (Å²) < 4.78 is 16.7. The molecule has 2 heterocycles. The quantitative estimate of drug-likeness (QED) is 0.381.